The molecule has 1 heterocycles. The first kappa shape index (κ1) is 12.9. The van der Waals surface area contributed by atoms with E-state index in [-0.39, 0.29) is 18.4 Å². The highest BCUT2D eigenvalue weighted by atomic mass is 32.2. The Bertz CT molecular complexity index is 476. The minimum Gasteiger partial charge on any atom is -0.325 e. The van der Waals surface area contributed by atoms with Crippen LogP contribution in [0.5, 0.6) is 0 Å². The molecule has 0 spiro atoms. The SMILES string of the molecule is CCNCC(=O)Nc1ccc2c(c1)NC(=O)CS2. The lowest BCUT2D eigenvalue weighted by Crippen LogP contribution is -2.27. The van der Waals surface area contributed by atoms with Crippen molar-refractivity contribution >= 4 is 35.0 Å². The number of carbonyl (C=O) groups is 2. The molecule has 0 radical (unpaired) electrons. The van der Waals surface area contributed by atoms with E-state index >= 15 is 0 Å². The van der Waals surface area contributed by atoms with Crippen LogP contribution in [0.2, 0.25) is 0 Å². The number of nitrogens with one attached hydrogen (secondary N) is 3. The summed E-state index contributed by atoms with van der Waals surface area (Å²) >= 11 is 1.50. The van der Waals surface area contributed by atoms with E-state index < -0.39 is 0 Å². The molecule has 2 amide bonds. The van der Waals surface area contributed by atoms with Crippen molar-refractivity contribution in [2.45, 2.75) is 11.8 Å². The van der Waals surface area contributed by atoms with E-state index in [0.29, 0.717) is 11.4 Å². The topological polar surface area (TPSA) is 70.2 Å². The van der Waals surface area contributed by atoms with Crippen molar-refractivity contribution in [3.05, 3.63) is 18.2 Å². The number of likely N-dealkylation sites (N-methyl/N-ethyl adjacent to an activating group) is 1. The first-order valence-electron chi connectivity index (χ1n) is 5.76. The van der Waals surface area contributed by atoms with E-state index in [4.69, 9.17) is 0 Å². The predicted molar refractivity (Wildman–Crippen MR) is 73.0 cm³/mol. The zero-order chi connectivity index (χ0) is 13.0. The van der Waals surface area contributed by atoms with Gasteiger partial charge >= 0.3 is 0 Å². The second-order valence-electron chi connectivity index (χ2n) is 3.88. The standard InChI is InChI=1S/C12H15N3O2S/c1-2-13-6-11(16)14-8-3-4-10-9(5-8)15-12(17)7-18-10/h3-5,13H,2,6-7H2,1H3,(H,14,16)(H,15,17). The van der Waals surface area contributed by atoms with Gasteiger partial charge in [-0.05, 0) is 24.7 Å². The third-order valence-corrected chi connectivity index (χ3v) is 3.51. The average Bonchev–Trinajstić information content (AvgIpc) is 2.36. The van der Waals surface area contributed by atoms with Gasteiger partial charge < -0.3 is 16.0 Å². The zero-order valence-corrected chi connectivity index (χ0v) is 10.9. The molecule has 0 saturated carbocycles. The normalized spacial score (nSPS) is 13.7. The number of amides is 2. The summed E-state index contributed by atoms with van der Waals surface area (Å²) in [6.45, 7) is 2.98. The fourth-order valence-electron chi connectivity index (χ4n) is 1.60. The quantitative estimate of drug-likeness (QED) is 0.767. The van der Waals surface area contributed by atoms with Crippen molar-refractivity contribution in [1.82, 2.24) is 5.32 Å². The number of carbonyl (C=O) groups excluding carboxylic acids is 2. The van der Waals surface area contributed by atoms with E-state index in [2.05, 4.69) is 16.0 Å². The maximum absolute atomic E-state index is 11.5. The summed E-state index contributed by atoms with van der Waals surface area (Å²) in [4.78, 5) is 23.8. The highest BCUT2D eigenvalue weighted by Crippen LogP contribution is 2.33. The van der Waals surface area contributed by atoms with Gasteiger partial charge in [0.15, 0.2) is 0 Å². The number of thioether (sulfide) groups is 1. The summed E-state index contributed by atoms with van der Waals surface area (Å²) in [6, 6.07) is 5.53. The van der Waals surface area contributed by atoms with Crippen LogP contribution in [0.25, 0.3) is 0 Å². The Morgan fingerprint density at radius 2 is 2.33 bits per heavy atom. The summed E-state index contributed by atoms with van der Waals surface area (Å²) in [6.07, 6.45) is 0. The maximum atomic E-state index is 11.5. The monoisotopic (exact) mass is 265 g/mol. The molecule has 1 aromatic rings. The molecule has 96 valence electrons. The molecule has 18 heavy (non-hydrogen) atoms. The fourth-order valence-corrected chi connectivity index (χ4v) is 2.39. The molecule has 0 aliphatic carbocycles. The molecule has 0 unspecified atom stereocenters. The van der Waals surface area contributed by atoms with Crippen LogP contribution in [0.15, 0.2) is 23.1 Å². The summed E-state index contributed by atoms with van der Waals surface area (Å²) < 4.78 is 0. The van der Waals surface area contributed by atoms with Crippen LogP contribution in [0.3, 0.4) is 0 Å². The van der Waals surface area contributed by atoms with Crippen molar-refractivity contribution < 1.29 is 9.59 Å². The molecule has 1 aromatic carbocycles. The second-order valence-corrected chi connectivity index (χ2v) is 4.89. The molecule has 3 N–H and O–H groups in total. The minimum absolute atomic E-state index is 0.0105. The number of hydrogen-bond donors (Lipinski definition) is 3. The molecule has 5 nitrogen and oxygen atoms in total. The first-order chi connectivity index (χ1) is 8.69. The molecule has 6 heteroatoms. The number of benzene rings is 1. The zero-order valence-electron chi connectivity index (χ0n) is 10.1. The smallest absolute Gasteiger partial charge is 0.238 e. The Balaban J connectivity index is 2.04. The van der Waals surface area contributed by atoms with Crippen molar-refractivity contribution in [2.75, 3.05) is 29.5 Å². The van der Waals surface area contributed by atoms with Crippen LogP contribution in [-0.4, -0.2) is 30.7 Å². The number of rotatable bonds is 4. The van der Waals surface area contributed by atoms with Crippen LogP contribution in [0, 0.1) is 0 Å². The van der Waals surface area contributed by atoms with Gasteiger partial charge in [0.25, 0.3) is 0 Å². The highest BCUT2D eigenvalue weighted by Gasteiger charge is 2.15. The Kier molecular flexibility index (Phi) is 4.22. The van der Waals surface area contributed by atoms with Crippen LogP contribution in [0.1, 0.15) is 6.92 Å². The largest absolute Gasteiger partial charge is 0.325 e. The molecule has 0 saturated heterocycles. The summed E-state index contributed by atoms with van der Waals surface area (Å²) in [5, 5.41) is 8.52. The number of anilines is 2. The second kappa shape index (κ2) is 5.88. The minimum atomic E-state index is -0.0911. The Morgan fingerprint density at radius 3 is 3.11 bits per heavy atom. The molecule has 1 aliphatic heterocycles. The van der Waals surface area contributed by atoms with Crippen LogP contribution < -0.4 is 16.0 Å². The van der Waals surface area contributed by atoms with Crippen LogP contribution in [0.4, 0.5) is 11.4 Å². The maximum Gasteiger partial charge on any atom is 0.238 e. The third kappa shape index (κ3) is 3.24. The fraction of sp³-hybridized carbons (Fsp3) is 0.333. The molecular weight excluding hydrogens is 250 g/mol. The van der Waals surface area contributed by atoms with E-state index in [1.165, 1.54) is 11.8 Å². The Labute approximate surface area is 110 Å². The third-order valence-electron chi connectivity index (χ3n) is 2.43. The van der Waals surface area contributed by atoms with Crippen molar-refractivity contribution in [2.24, 2.45) is 0 Å². The summed E-state index contributed by atoms with van der Waals surface area (Å²) in [5.41, 5.74) is 1.46. The molecule has 0 atom stereocenters. The predicted octanol–water partition coefficient (Wildman–Crippen LogP) is 1.28. The van der Waals surface area contributed by atoms with Crippen molar-refractivity contribution in [1.29, 1.82) is 0 Å². The average molecular weight is 265 g/mol. The van der Waals surface area contributed by atoms with Crippen LogP contribution in [-0.2, 0) is 9.59 Å². The van der Waals surface area contributed by atoms with Gasteiger partial charge in [-0.2, -0.15) is 0 Å². The van der Waals surface area contributed by atoms with Gasteiger partial charge in [0.05, 0.1) is 18.0 Å². The lowest BCUT2D eigenvalue weighted by molar-refractivity contribution is -0.115. The Hall–Kier alpha value is -1.53. The molecule has 2 rings (SSSR count). The number of hydrogen-bond acceptors (Lipinski definition) is 4. The molecule has 0 fully saturated rings. The van der Waals surface area contributed by atoms with E-state index in [1.807, 2.05) is 19.1 Å². The molecule has 0 bridgehead atoms. The summed E-state index contributed by atoms with van der Waals surface area (Å²) in [5.74, 6) is 0.342. The van der Waals surface area contributed by atoms with Gasteiger partial charge in [0.1, 0.15) is 0 Å². The van der Waals surface area contributed by atoms with Gasteiger partial charge in [-0.15, -0.1) is 11.8 Å². The lowest BCUT2D eigenvalue weighted by Gasteiger charge is -2.17. The molecule has 1 aliphatic rings. The van der Waals surface area contributed by atoms with E-state index in [1.54, 1.807) is 6.07 Å². The lowest BCUT2D eigenvalue weighted by atomic mass is 10.2. The van der Waals surface area contributed by atoms with Crippen molar-refractivity contribution in [3.8, 4) is 0 Å². The number of fused-ring (bicyclic) bond motifs is 1. The summed E-state index contributed by atoms with van der Waals surface area (Å²) in [7, 11) is 0. The van der Waals surface area contributed by atoms with Gasteiger partial charge in [-0.3, -0.25) is 9.59 Å². The van der Waals surface area contributed by atoms with Crippen molar-refractivity contribution in [3.63, 3.8) is 0 Å². The first-order valence-corrected chi connectivity index (χ1v) is 6.75. The van der Waals surface area contributed by atoms with Crippen LogP contribution >= 0.6 is 11.8 Å². The van der Waals surface area contributed by atoms with E-state index in [9.17, 15) is 9.59 Å². The Morgan fingerprint density at radius 1 is 1.50 bits per heavy atom. The van der Waals surface area contributed by atoms with E-state index in [0.717, 1.165) is 17.1 Å². The van der Waals surface area contributed by atoms with Gasteiger partial charge in [-0.25, -0.2) is 0 Å². The van der Waals surface area contributed by atoms with Gasteiger partial charge in [0, 0.05) is 10.6 Å². The molecular formula is C12H15N3O2S. The van der Waals surface area contributed by atoms with Gasteiger partial charge in [0.2, 0.25) is 11.8 Å². The van der Waals surface area contributed by atoms with Gasteiger partial charge in [-0.1, -0.05) is 6.92 Å². The molecule has 0 aromatic heterocycles. The highest BCUT2D eigenvalue weighted by molar-refractivity contribution is 8.00.